The third-order valence-electron chi connectivity index (χ3n) is 3.83. The van der Waals surface area contributed by atoms with Crippen LogP contribution in [0.2, 0.25) is 0 Å². The average Bonchev–Trinajstić information content (AvgIpc) is 2.49. The van der Waals surface area contributed by atoms with Crippen LogP contribution in [0.15, 0.2) is 42.5 Å². The molecule has 1 atom stereocenters. The minimum atomic E-state index is -0.428. The maximum Gasteiger partial charge on any atom is 0.125 e. The van der Waals surface area contributed by atoms with Crippen molar-refractivity contribution in [1.82, 2.24) is 0 Å². The quantitative estimate of drug-likeness (QED) is 0.890. The predicted molar refractivity (Wildman–Crippen MR) is 82.2 cm³/mol. The van der Waals surface area contributed by atoms with E-state index in [-0.39, 0.29) is 0 Å². The average molecular weight is 270 g/mol. The molecule has 1 unspecified atom stereocenters. The molecule has 0 radical (unpaired) electrons. The summed E-state index contributed by atoms with van der Waals surface area (Å²) in [5, 5.41) is 10.2. The summed E-state index contributed by atoms with van der Waals surface area (Å²) in [6, 6.07) is 14.0. The van der Waals surface area contributed by atoms with Gasteiger partial charge in [0.1, 0.15) is 5.75 Å². The Morgan fingerprint density at radius 3 is 2.40 bits per heavy atom. The van der Waals surface area contributed by atoms with Gasteiger partial charge in [-0.3, -0.25) is 0 Å². The lowest BCUT2D eigenvalue weighted by Gasteiger charge is -2.15. The first kappa shape index (κ1) is 14.6. The first-order valence-electron chi connectivity index (χ1n) is 6.99. The van der Waals surface area contributed by atoms with Crippen molar-refractivity contribution < 1.29 is 9.84 Å². The number of aliphatic hydroxyl groups is 1. The van der Waals surface area contributed by atoms with Crippen LogP contribution in [0.3, 0.4) is 0 Å². The Kier molecular flexibility index (Phi) is 4.80. The van der Waals surface area contributed by atoms with Gasteiger partial charge in [0.05, 0.1) is 13.2 Å². The molecule has 2 aromatic carbocycles. The van der Waals surface area contributed by atoms with Crippen molar-refractivity contribution in [2.24, 2.45) is 0 Å². The van der Waals surface area contributed by atoms with E-state index in [2.05, 4.69) is 26.0 Å². The van der Waals surface area contributed by atoms with Crippen molar-refractivity contribution in [3.05, 3.63) is 64.7 Å². The van der Waals surface area contributed by atoms with Crippen LogP contribution in [-0.2, 0) is 6.42 Å². The van der Waals surface area contributed by atoms with Gasteiger partial charge in [-0.05, 0) is 48.9 Å². The highest BCUT2D eigenvalue weighted by Gasteiger charge is 2.12. The lowest BCUT2D eigenvalue weighted by Crippen LogP contribution is -2.02. The molecule has 2 heteroatoms. The van der Waals surface area contributed by atoms with E-state index in [0.29, 0.717) is 6.42 Å². The van der Waals surface area contributed by atoms with Crippen LogP contribution >= 0.6 is 0 Å². The van der Waals surface area contributed by atoms with Crippen LogP contribution in [-0.4, -0.2) is 12.2 Å². The van der Waals surface area contributed by atoms with E-state index in [9.17, 15) is 5.11 Å². The first-order valence-corrected chi connectivity index (χ1v) is 6.99. The molecule has 0 saturated carbocycles. The van der Waals surface area contributed by atoms with Crippen molar-refractivity contribution in [3.63, 3.8) is 0 Å². The van der Waals surface area contributed by atoms with E-state index in [4.69, 9.17) is 4.74 Å². The molecule has 0 saturated heterocycles. The monoisotopic (exact) mass is 270 g/mol. The standard InChI is InChI=1S/C18H22O2/c1-13-9-10-16(18(20-3)14(13)2)11-12-17(19)15-7-5-4-6-8-15/h4-10,17,19H,11-12H2,1-3H3. The van der Waals surface area contributed by atoms with Gasteiger partial charge < -0.3 is 9.84 Å². The van der Waals surface area contributed by atoms with Crippen molar-refractivity contribution in [2.45, 2.75) is 32.8 Å². The minimum Gasteiger partial charge on any atom is -0.496 e. The molecule has 0 aliphatic rings. The zero-order valence-electron chi connectivity index (χ0n) is 12.4. The SMILES string of the molecule is COc1c(CCC(O)c2ccccc2)ccc(C)c1C. The van der Waals surface area contributed by atoms with E-state index in [1.165, 1.54) is 11.1 Å². The Hall–Kier alpha value is -1.80. The Labute approximate surface area is 121 Å². The first-order chi connectivity index (χ1) is 9.63. The van der Waals surface area contributed by atoms with Gasteiger partial charge in [-0.15, -0.1) is 0 Å². The summed E-state index contributed by atoms with van der Waals surface area (Å²) in [4.78, 5) is 0. The maximum atomic E-state index is 10.2. The molecule has 2 rings (SSSR count). The van der Waals surface area contributed by atoms with Crippen molar-refractivity contribution in [3.8, 4) is 5.75 Å². The van der Waals surface area contributed by atoms with Crippen LogP contribution in [0.5, 0.6) is 5.75 Å². The fraction of sp³-hybridized carbons (Fsp3) is 0.333. The topological polar surface area (TPSA) is 29.5 Å². The van der Waals surface area contributed by atoms with Crippen LogP contribution in [0.25, 0.3) is 0 Å². The van der Waals surface area contributed by atoms with Crippen molar-refractivity contribution in [2.75, 3.05) is 7.11 Å². The van der Waals surface area contributed by atoms with E-state index >= 15 is 0 Å². The minimum absolute atomic E-state index is 0.428. The summed E-state index contributed by atoms with van der Waals surface area (Å²) in [5.74, 6) is 0.949. The second-order valence-corrected chi connectivity index (χ2v) is 5.16. The molecule has 0 heterocycles. The number of benzene rings is 2. The lowest BCUT2D eigenvalue weighted by molar-refractivity contribution is 0.167. The zero-order valence-corrected chi connectivity index (χ0v) is 12.4. The molecule has 106 valence electrons. The van der Waals surface area contributed by atoms with Crippen LogP contribution < -0.4 is 4.74 Å². The highest BCUT2D eigenvalue weighted by Crippen LogP contribution is 2.29. The van der Waals surface area contributed by atoms with Crippen LogP contribution in [0.1, 0.15) is 34.8 Å². The second-order valence-electron chi connectivity index (χ2n) is 5.16. The molecule has 0 bridgehead atoms. The number of hydrogen-bond donors (Lipinski definition) is 1. The fourth-order valence-corrected chi connectivity index (χ4v) is 2.46. The normalized spacial score (nSPS) is 12.2. The van der Waals surface area contributed by atoms with E-state index in [0.717, 1.165) is 23.3 Å². The predicted octanol–water partition coefficient (Wildman–Crippen LogP) is 3.98. The lowest BCUT2D eigenvalue weighted by atomic mass is 9.97. The van der Waals surface area contributed by atoms with Gasteiger partial charge in [0.15, 0.2) is 0 Å². The van der Waals surface area contributed by atoms with Crippen LogP contribution in [0.4, 0.5) is 0 Å². The number of ether oxygens (including phenoxy) is 1. The Morgan fingerprint density at radius 1 is 1.05 bits per heavy atom. The van der Waals surface area contributed by atoms with E-state index in [1.807, 2.05) is 30.3 Å². The highest BCUT2D eigenvalue weighted by atomic mass is 16.5. The number of methoxy groups -OCH3 is 1. The smallest absolute Gasteiger partial charge is 0.125 e. The van der Waals surface area contributed by atoms with E-state index < -0.39 is 6.10 Å². The molecule has 1 N–H and O–H groups in total. The summed E-state index contributed by atoms with van der Waals surface area (Å²) in [6.45, 7) is 4.16. The number of aliphatic hydroxyl groups excluding tert-OH is 1. The Morgan fingerprint density at radius 2 is 1.75 bits per heavy atom. The number of hydrogen-bond acceptors (Lipinski definition) is 2. The van der Waals surface area contributed by atoms with Gasteiger partial charge in [-0.25, -0.2) is 0 Å². The number of rotatable bonds is 5. The second kappa shape index (κ2) is 6.58. The fourth-order valence-electron chi connectivity index (χ4n) is 2.46. The molecule has 0 aliphatic carbocycles. The molecule has 0 aliphatic heterocycles. The highest BCUT2D eigenvalue weighted by molar-refractivity contribution is 5.45. The van der Waals surface area contributed by atoms with Gasteiger partial charge in [0, 0.05) is 0 Å². The molecule has 0 amide bonds. The third kappa shape index (κ3) is 3.20. The summed E-state index contributed by atoms with van der Waals surface area (Å²) >= 11 is 0. The summed E-state index contributed by atoms with van der Waals surface area (Å²) in [6.07, 6.45) is 1.07. The molecular weight excluding hydrogens is 248 g/mol. The zero-order chi connectivity index (χ0) is 14.5. The Bertz CT molecular complexity index is 561. The number of aryl methyl sites for hydroxylation is 2. The molecular formula is C18H22O2. The molecule has 0 fully saturated rings. The van der Waals surface area contributed by atoms with Gasteiger partial charge in [0.25, 0.3) is 0 Å². The van der Waals surface area contributed by atoms with E-state index in [1.54, 1.807) is 7.11 Å². The molecule has 0 aromatic heterocycles. The molecule has 0 spiro atoms. The molecule has 20 heavy (non-hydrogen) atoms. The van der Waals surface area contributed by atoms with Gasteiger partial charge in [-0.2, -0.15) is 0 Å². The molecule has 2 nitrogen and oxygen atoms in total. The largest absolute Gasteiger partial charge is 0.496 e. The maximum absolute atomic E-state index is 10.2. The summed E-state index contributed by atoms with van der Waals surface area (Å²) in [5.41, 5.74) is 4.54. The summed E-state index contributed by atoms with van der Waals surface area (Å²) in [7, 11) is 1.71. The molecule has 2 aromatic rings. The van der Waals surface area contributed by atoms with Gasteiger partial charge in [-0.1, -0.05) is 42.5 Å². The van der Waals surface area contributed by atoms with Gasteiger partial charge >= 0.3 is 0 Å². The summed E-state index contributed by atoms with van der Waals surface area (Å²) < 4.78 is 5.51. The van der Waals surface area contributed by atoms with Crippen LogP contribution in [0, 0.1) is 13.8 Å². The van der Waals surface area contributed by atoms with Gasteiger partial charge in [0.2, 0.25) is 0 Å². The van der Waals surface area contributed by atoms with Crippen molar-refractivity contribution in [1.29, 1.82) is 0 Å². The van der Waals surface area contributed by atoms with Crippen molar-refractivity contribution >= 4 is 0 Å². The third-order valence-corrected chi connectivity index (χ3v) is 3.83. The Balaban J connectivity index is 2.10.